The Hall–Kier alpha value is -1.42. The summed E-state index contributed by atoms with van der Waals surface area (Å²) in [4.78, 5) is 2.05. The highest BCUT2D eigenvalue weighted by Crippen LogP contribution is 2.32. The lowest BCUT2D eigenvalue weighted by atomic mass is 10.1. The summed E-state index contributed by atoms with van der Waals surface area (Å²) in [5.41, 5.74) is 7.55. The van der Waals surface area contributed by atoms with E-state index in [-0.39, 0.29) is 0 Å². The van der Waals surface area contributed by atoms with Gasteiger partial charge < -0.3 is 15.4 Å². The van der Waals surface area contributed by atoms with E-state index in [1.54, 1.807) is 18.2 Å². The molecule has 0 unspecified atom stereocenters. The number of hydrogen-bond donors (Lipinski definition) is 1. The Morgan fingerprint density at radius 3 is 2.45 bits per heavy atom. The van der Waals surface area contributed by atoms with Crippen molar-refractivity contribution in [1.82, 2.24) is 4.90 Å². The van der Waals surface area contributed by atoms with E-state index in [1.807, 2.05) is 32.3 Å². The lowest BCUT2D eigenvalue weighted by Gasteiger charge is -2.15. The normalized spacial score (nSPS) is 10.8. The van der Waals surface area contributed by atoms with E-state index in [1.165, 1.54) is 0 Å². The third-order valence-electron chi connectivity index (χ3n) is 2.69. The van der Waals surface area contributed by atoms with E-state index in [0.29, 0.717) is 21.5 Å². The molecule has 106 valence electrons. The molecular formula is C15H16Cl2N2O. The van der Waals surface area contributed by atoms with Gasteiger partial charge in [-0.25, -0.2) is 0 Å². The van der Waals surface area contributed by atoms with Crippen molar-refractivity contribution in [2.75, 3.05) is 19.8 Å². The van der Waals surface area contributed by atoms with Gasteiger partial charge in [0.2, 0.25) is 0 Å². The van der Waals surface area contributed by atoms with Gasteiger partial charge in [-0.05, 0) is 44.4 Å². The Morgan fingerprint density at radius 1 is 1.05 bits per heavy atom. The first kappa shape index (κ1) is 15.0. The lowest BCUT2D eigenvalue weighted by molar-refractivity contribution is 0.389. The molecule has 0 saturated carbocycles. The Bertz CT molecular complexity index is 615. The number of anilines is 1. The van der Waals surface area contributed by atoms with Gasteiger partial charge >= 0.3 is 0 Å². The lowest BCUT2D eigenvalue weighted by Crippen LogP contribution is -2.11. The maximum Gasteiger partial charge on any atom is 0.132 e. The molecule has 0 heterocycles. The van der Waals surface area contributed by atoms with Crippen LogP contribution in [0.4, 0.5) is 5.69 Å². The van der Waals surface area contributed by atoms with Crippen molar-refractivity contribution >= 4 is 28.9 Å². The van der Waals surface area contributed by atoms with Crippen LogP contribution in [0.1, 0.15) is 5.56 Å². The zero-order valence-electron chi connectivity index (χ0n) is 11.4. The number of nitrogens with two attached hydrogens (primary N) is 1. The maximum atomic E-state index is 5.99. The number of ether oxygens (including phenoxy) is 1. The van der Waals surface area contributed by atoms with Crippen molar-refractivity contribution in [3.63, 3.8) is 0 Å². The first-order valence-electron chi connectivity index (χ1n) is 6.12. The number of hydrogen-bond acceptors (Lipinski definition) is 3. The SMILES string of the molecule is CN(C)Cc1cc(N)ccc1Oc1ccc(Cl)c(Cl)c1. The average Bonchev–Trinajstić information content (AvgIpc) is 2.36. The Labute approximate surface area is 128 Å². The van der Waals surface area contributed by atoms with Crippen LogP contribution in [0, 0.1) is 0 Å². The highest BCUT2D eigenvalue weighted by atomic mass is 35.5. The number of rotatable bonds is 4. The van der Waals surface area contributed by atoms with Gasteiger partial charge in [-0.3, -0.25) is 0 Å². The molecule has 2 N–H and O–H groups in total. The van der Waals surface area contributed by atoms with Crippen LogP contribution in [0.2, 0.25) is 10.0 Å². The molecule has 20 heavy (non-hydrogen) atoms. The molecule has 0 aromatic heterocycles. The van der Waals surface area contributed by atoms with Gasteiger partial charge in [-0.15, -0.1) is 0 Å². The molecule has 2 aromatic carbocycles. The van der Waals surface area contributed by atoms with Crippen molar-refractivity contribution in [1.29, 1.82) is 0 Å². The minimum absolute atomic E-state index is 0.466. The molecule has 2 rings (SSSR count). The molecule has 0 atom stereocenters. The predicted octanol–water partition coefficient (Wildman–Crippen LogP) is 4.43. The van der Waals surface area contributed by atoms with Crippen LogP contribution in [0.25, 0.3) is 0 Å². The van der Waals surface area contributed by atoms with Crippen molar-refractivity contribution in [2.24, 2.45) is 0 Å². The van der Waals surface area contributed by atoms with Crippen LogP contribution in [0.5, 0.6) is 11.5 Å². The topological polar surface area (TPSA) is 38.5 Å². The fourth-order valence-electron chi connectivity index (χ4n) is 1.83. The van der Waals surface area contributed by atoms with Crippen LogP contribution in [-0.2, 0) is 6.54 Å². The molecule has 0 amide bonds. The van der Waals surface area contributed by atoms with E-state index < -0.39 is 0 Å². The first-order valence-corrected chi connectivity index (χ1v) is 6.87. The summed E-state index contributed by atoms with van der Waals surface area (Å²) in [6.45, 7) is 0.738. The molecular weight excluding hydrogens is 295 g/mol. The van der Waals surface area contributed by atoms with E-state index in [9.17, 15) is 0 Å². The largest absolute Gasteiger partial charge is 0.457 e. The standard InChI is InChI=1S/C15H16Cl2N2O/c1-19(2)9-10-7-11(18)3-6-15(10)20-12-4-5-13(16)14(17)8-12/h3-8H,9,18H2,1-2H3. The van der Waals surface area contributed by atoms with Gasteiger partial charge in [-0.2, -0.15) is 0 Å². The van der Waals surface area contributed by atoms with Crippen molar-refractivity contribution < 1.29 is 4.74 Å². The zero-order chi connectivity index (χ0) is 14.7. The van der Waals surface area contributed by atoms with Gasteiger partial charge in [-0.1, -0.05) is 23.2 Å². The molecule has 0 saturated heterocycles. The molecule has 0 aliphatic carbocycles. The molecule has 2 aromatic rings. The average molecular weight is 311 g/mol. The quantitative estimate of drug-likeness (QED) is 0.849. The van der Waals surface area contributed by atoms with E-state index in [4.69, 9.17) is 33.7 Å². The van der Waals surface area contributed by atoms with Crippen molar-refractivity contribution in [3.05, 3.63) is 52.0 Å². The second-order valence-corrected chi connectivity index (χ2v) is 5.60. The Balaban J connectivity index is 2.30. The summed E-state index contributed by atoms with van der Waals surface area (Å²) in [7, 11) is 3.98. The molecule has 0 bridgehead atoms. The summed E-state index contributed by atoms with van der Waals surface area (Å²) >= 11 is 11.9. The summed E-state index contributed by atoms with van der Waals surface area (Å²) in [5, 5.41) is 0.971. The number of nitrogen functional groups attached to an aromatic ring is 1. The van der Waals surface area contributed by atoms with Crippen LogP contribution in [0.15, 0.2) is 36.4 Å². The van der Waals surface area contributed by atoms with E-state index in [0.717, 1.165) is 17.9 Å². The van der Waals surface area contributed by atoms with Crippen LogP contribution >= 0.6 is 23.2 Å². The van der Waals surface area contributed by atoms with Crippen LogP contribution in [-0.4, -0.2) is 19.0 Å². The Kier molecular flexibility index (Phi) is 4.76. The summed E-state index contributed by atoms with van der Waals surface area (Å²) in [5.74, 6) is 1.40. The molecule has 0 fully saturated rings. The van der Waals surface area contributed by atoms with Crippen molar-refractivity contribution in [2.45, 2.75) is 6.54 Å². The predicted molar refractivity (Wildman–Crippen MR) is 84.8 cm³/mol. The number of halogens is 2. The monoisotopic (exact) mass is 310 g/mol. The summed E-state index contributed by atoms with van der Waals surface area (Å²) in [6.07, 6.45) is 0. The highest BCUT2D eigenvalue weighted by molar-refractivity contribution is 6.42. The number of benzene rings is 2. The van der Waals surface area contributed by atoms with Gasteiger partial charge in [0.15, 0.2) is 0 Å². The second kappa shape index (κ2) is 6.35. The second-order valence-electron chi connectivity index (χ2n) is 4.78. The maximum absolute atomic E-state index is 5.99. The smallest absolute Gasteiger partial charge is 0.132 e. The van der Waals surface area contributed by atoms with Crippen molar-refractivity contribution in [3.8, 4) is 11.5 Å². The van der Waals surface area contributed by atoms with Crippen LogP contribution in [0.3, 0.4) is 0 Å². The third-order valence-corrected chi connectivity index (χ3v) is 3.43. The molecule has 5 heteroatoms. The summed E-state index contributed by atoms with van der Waals surface area (Å²) < 4.78 is 5.88. The molecule has 3 nitrogen and oxygen atoms in total. The molecule has 0 aliphatic heterocycles. The van der Waals surface area contributed by atoms with Gasteiger partial charge in [0.1, 0.15) is 11.5 Å². The third kappa shape index (κ3) is 3.79. The fraction of sp³-hybridized carbons (Fsp3) is 0.200. The molecule has 0 spiro atoms. The van der Waals surface area contributed by atoms with Gasteiger partial charge in [0.25, 0.3) is 0 Å². The fourth-order valence-corrected chi connectivity index (χ4v) is 2.12. The van der Waals surface area contributed by atoms with Crippen LogP contribution < -0.4 is 10.5 Å². The Morgan fingerprint density at radius 2 is 1.80 bits per heavy atom. The molecule has 0 aliphatic rings. The summed E-state index contributed by atoms with van der Waals surface area (Å²) in [6, 6.07) is 10.8. The molecule has 0 radical (unpaired) electrons. The van der Waals surface area contributed by atoms with Gasteiger partial charge in [0.05, 0.1) is 10.0 Å². The van der Waals surface area contributed by atoms with E-state index >= 15 is 0 Å². The minimum Gasteiger partial charge on any atom is -0.457 e. The zero-order valence-corrected chi connectivity index (χ0v) is 12.9. The minimum atomic E-state index is 0.466. The van der Waals surface area contributed by atoms with Gasteiger partial charge in [0, 0.05) is 23.9 Å². The van der Waals surface area contributed by atoms with E-state index in [2.05, 4.69) is 4.90 Å². The highest BCUT2D eigenvalue weighted by Gasteiger charge is 2.08. The first-order chi connectivity index (χ1) is 9.45. The number of nitrogens with zero attached hydrogens (tertiary/aromatic N) is 1.